The molecule has 0 aliphatic carbocycles. The van der Waals surface area contributed by atoms with Gasteiger partial charge >= 0.3 is 0 Å². The molecule has 1 atom stereocenters. The van der Waals surface area contributed by atoms with Crippen molar-refractivity contribution in [1.82, 2.24) is 10.3 Å². The molecule has 0 spiro atoms. The maximum absolute atomic E-state index is 12.8. The summed E-state index contributed by atoms with van der Waals surface area (Å²) >= 11 is 1.31. The van der Waals surface area contributed by atoms with Gasteiger partial charge < -0.3 is 34.3 Å². The van der Waals surface area contributed by atoms with E-state index in [9.17, 15) is 9.59 Å². The molecule has 1 aromatic heterocycles. The predicted octanol–water partition coefficient (Wildman–Crippen LogP) is 2.85. The lowest BCUT2D eigenvalue weighted by molar-refractivity contribution is -0.117. The van der Waals surface area contributed by atoms with Crippen LogP contribution in [0.25, 0.3) is 10.2 Å². The Bertz CT molecular complexity index is 1140. The van der Waals surface area contributed by atoms with E-state index in [1.807, 2.05) is 6.07 Å². The van der Waals surface area contributed by atoms with E-state index in [4.69, 9.17) is 23.7 Å². The van der Waals surface area contributed by atoms with Crippen LogP contribution in [0.15, 0.2) is 24.3 Å². The van der Waals surface area contributed by atoms with Crippen molar-refractivity contribution in [3.05, 3.63) is 29.8 Å². The Morgan fingerprint density at radius 3 is 2.24 bits per heavy atom. The molecule has 174 valence electrons. The summed E-state index contributed by atoms with van der Waals surface area (Å²) in [6, 6.07) is 5.82. The maximum Gasteiger partial charge on any atom is 0.252 e. The number of carbonyl (C=O) groups excluding carboxylic acids is 2. The van der Waals surface area contributed by atoms with E-state index in [0.29, 0.717) is 52.6 Å². The average molecular weight is 474 g/mol. The van der Waals surface area contributed by atoms with Gasteiger partial charge in [0.2, 0.25) is 11.7 Å². The number of hydrogen-bond acceptors (Lipinski definition) is 9. The number of benzene rings is 2. The molecule has 0 bridgehead atoms. The molecule has 1 aliphatic rings. The van der Waals surface area contributed by atoms with Crippen LogP contribution in [0.5, 0.6) is 28.7 Å². The first-order valence-electron chi connectivity index (χ1n) is 10.1. The Morgan fingerprint density at radius 2 is 1.64 bits per heavy atom. The quantitative estimate of drug-likeness (QED) is 0.538. The van der Waals surface area contributed by atoms with Gasteiger partial charge in [-0.3, -0.25) is 9.59 Å². The first kappa shape index (κ1) is 22.5. The summed E-state index contributed by atoms with van der Waals surface area (Å²) in [5, 5.41) is 5.82. The van der Waals surface area contributed by atoms with E-state index < -0.39 is 17.9 Å². The molecule has 4 rings (SSSR count). The summed E-state index contributed by atoms with van der Waals surface area (Å²) in [5.41, 5.74) is 0.948. The number of anilines is 1. The van der Waals surface area contributed by atoms with Crippen LogP contribution in [-0.4, -0.2) is 57.4 Å². The Hall–Kier alpha value is -3.73. The van der Waals surface area contributed by atoms with Crippen LogP contribution >= 0.6 is 11.3 Å². The summed E-state index contributed by atoms with van der Waals surface area (Å²) in [6.07, 6.45) is 0. The molecule has 2 amide bonds. The standard InChI is InChI=1S/C22H23N3O7S/c1-11(23-21(27)12-7-16(28-2)19(30-4)17(8-12)29-3)20(26)25-22-24-13-9-14-15(10-18(13)33-22)32-6-5-31-14/h7-11H,5-6H2,1-4H3,(H,23,27)(H,24,25,26)/t11-/m0/s1. The molecule has 3 aromatic rings. The molecule has 0 saturated carbocycles. The van der Waals surface area contributed by atoms with Gasteiger partial charge in [-0.2, -0.15) is 0 Å². The van der Waals surface area contributed by atoms with Crippen LogP contribution in [0, 0.1) is 0 Å². The number of thiazole rings is 1. The second-order valence-electron chi connectivity index (χ2n) is 7.08. The van der Waals surface area contributed by atoms with Gasteiger partial charge in [0.05, 0.1) is 31.5 Å². The van der Waals surface area contributed by atoms with E-state index in [-0.39, 0.29) is 5.56 Å². The fourth-order valence-electron chi connectivity index (χ4n) is 3.29. The summed E-state index contributed by atoms with van der Waals surface area (Å²) in [6.45, 7) is 2.55. The Labute approximate surface area is 193 Å². The molecule has 10 nitrogen and oxygen atoms in total. The molecule has 2 N–H and O–H groups in total. The number of nitrogens with zero attached hydrogens (tertiary/aromatic N) is 1. The Morgan fingerprint density at radius 1 is 1.00 bits per heavy atom. The second kappa shape index (κ2) is 9.41. The van der Waals surface area contributed by atoms with Crippen LogP contribution in [0.4, 0.5) is 5.13 Å². The van der Waals surface area contributed by atoms with E-state index in [0.717, 1.165) is 4.70 Å². The van der Waals surface area contributed by atoms with E-state index in [2.05, 4.69) is 15.6 Å². The molecular formula is C22H23N3O7S. The minimum atomic E-state index is -0.830. The lowest BCUT2D eigenvalue weighted by Crippen LogP contribution is -2.41. The predicted molar refractivity (Wildman–Crippen MR) is 122 cm³/mol. The van der Waals surface area contributed by atoms with Crippen molar-refractivity contribution in [2.75, 3.05) is 39.9 Å². The highest BCUT2D eigenvalue weighted by molar-refractivity contribution is 7.22. The maximum atomic E-state index is 12.8. The molecule has 11 heteroatoms. The molecule has 0 unspecified atom stereocenters. The minimum absolute atomic E-state index is 0.259. The van der Waals surface area contributed by atoms with E-state index in [1.54, 1.807) is 13.0 Å². The third-order valence-corrected chi connectivity index (χ3v) is 5.88. The highest BCUT2D eigenvalue weighted by Gasteiger charge is 2.22. The molecule has 1 aliphatic heterocycles. The number of hydrogen-bond donors (Lipinski definition) is 2. The zero-order valence-corrected chi connectivity index (χ0v) is 19.3. The molecule has 0 radical (unpaired) electrons. The largest absolute Gasteiger partial charge is 0.493 e. The lowest BCUT2D eigenvalue weighted by Gasteiger charge is -2.17. The number of amides is 2. The SMILES string of the molecule is COc1cc(C(=O)N[C@@H](C)C(=O)Nc2nc3cc4c(cc3s2)OCCO4)cc(OC)c1OC. The molecule has 2 aromatic carbocycles. The number of carbonyl (C=O) groups is 2. The van der Waals surface area contributed by atoms with Crippen LogP contribution < -0.4 is 34.3 Å². The topological polar surface area (TPSA) is 117 Å². The van der Waals surface area contributed by atoms with Crippen molar-refractivity contribution in [3.8, 4) is 28.7 Å². The van der Waals surface area contributed by atoms with Crippen molar-refractivity contribution < 1.29 is 33.3 Å². The van der Waals surface area contributed by atoms with Gasteiger partial charge in [-0.15, -0.1) is 0 Å². The number of methoxy groups -OCH3 is 3. The highest BCUT2D eigenvalue weighted by atomic mass is 32.1. The first-order valence-corrected chi connectivity index (χ1v) is 10.9. The molecular weight excluding hydrogens is 450 g/mol. The van der Waals surface area contributed by atoms with Gasteiger partial charge in [-0.1, -0.05) is 11.3 Å². The fourth-order valence-corrected chi connectivity index (χ4v) is 4.17. The van der Waals surface area contributed by atoms with Gasteiger partial charge in [-0.25, -0.2) is 4.98 Å². The molecule has 0 saturated heterocycles. The lowest BCUT2D eigenvalue weighted by atomic mass is 10.1. The fraction of sp³-hybridized carbons (Fsp3) is 0.318. The third kappa shape index (κ3) is 4.58. The van der Waals surface area contributed by atoms with Crippen molar-refractivity contribution in [1.29, 1.82) is 0 Å². The van der Waals surface area contributed by atoms with Crippen molar-refractivity contribution in [2.45, 2.75) is 13.0 Å². The van der Waals surface area contributed by atoms with E-state index >= 15 is 0 Å². The first-order chi connectivity index (χ1) is 15.9. The normalized spacial score (nSPS) is 13.2. The van der Waals surface area contributed by atoms with Gasteiger partial charge in [0.15, 0.2) is 28.1 Å². The van der Waals surface area contributed by atoms with Crippen LogP contribution in [0.1, 0.15) is 17.3 Å². The monoisotopic (exact) mass is 473 g/mol. The summed E-state index contributed by atoms with van der Waals surface area (Å²) in [4.78, 5) is 29.9. The minimum Gasteiger partial charge on any atom is -0.493 e. The van der Waals surface area contributed by atoms with Crippen molar-refractivity contribution in [3.63, 3.8) is 0 Å². The average Bonchev–Trinajstić information content (AvgIpc) is 3.21. The van der Waals surface area contributed by atoms with Crippen molar-refractivity contribution in [2.24, 2.45) is 0 Å². The Kier molecular flexibility index (Phi) is 6.40. The summed E-state index contributed by atoms with van der Waals surface area (Å²) in [7, 11) is 4.40. The van der Waals surface area contributed by atoms with Crippen LogP contribution in [-0.2, 0) is 4.79 Å². The molecule has 33 heavy (non-hydrogen) atoms. The summed E-state index contributed by atoms with van der Waals surface area (Å²) in [5.74, 6) is 1.45. The zero-order valence-electron chi connectivity index (χ0n) is 18.5. The second-order valence-corrected chi connectivity index (χ2v) is 8.11. The number of fused-ring (bicyclic) bond motifs is 2. The van der Waals surface area contributed by atoms with Crippen LogP contribution in [0.2, 0.25) is 0 Å². The zero-order chi connectivity index (χ0) is 23.5. The van der Waals surface area contributed by atoms with Gasteiger partial charge in [0.25, 0.3) is 5.91 Å². The highest BCUT2D eigenvalue weighted by Crippen LogP contribution is 2.39. The van der Waals surface area contributed by atoms with Gasteiger partial charge in [-0.05, 0) is 19.1 Å². The van der Waals surface area contributed by atoms with Gasteiger partial charge in [0.1, 0.15) is 19.3 Å². The summed E-state index contributed by atoms with van der Waals surface area (Å²) < 4.78 is 27.8. The number of aromatic nitrogens is 1. The smallest absolute Gasteiger partial charge is 0.252 e. The number of rotatable bonds is 7. The van der Waals surface area contributed by atoms with Crippen LogP contribution in [0.3, 0.4) is 0 Å². The molecule has 0 fully saturated rings. The Balaban J connectivity index is 1.46. The number of nitrogens with one attached hydrogen (secondary N) is 2. The van der Waals surface area contributed by atoms with Crippen molar-refractivity contribution >= 4 is 38.5 Å². The molecule has 2 heterocycles. The number of ether oxygens (including phenoxy) is 5. The van der Waals surface area contributed by atoms with E-state index in [1.165, 1.54) is 44.8 Å². The third-order valence-electron chi connectivity index (χ3n) is 4.95. The van der Waals surface area contributed by atoms with Gasteiger partial charge in [0, 0.05) is 17.7 Å².